The molecule has 0 atom stereocenters. The van der Waals surface area contributed by atoms with E-state index in [4.69, 9.17) is 23.3 Å². The van der Waals surface area contributed by atoms with Crippen molar-refractivity contribution < 1.29 is 0 Å². The summed E-state index contributed by atoms with van der Waals surface area (Å²) in [6.45, 7) is 3.41. The summed E-state index contributed by atoms with van der Waals surface area (Å²) in [5.41, 5.74) is 1.42. The van der Waals surface area contributed by atoms with Crippen molar-refractivity contribution in [1.29, 1.82) is 5.26 Å². The van der Waals surface area contributed by atoms with Gasteiger partial charge in [0.2, 0.25) is 0 Å². The Morgan fingerprint density at radius 1 is 1.50 bits per heavy atom. The van der Waals surface area contributed by atoms with Crippen LogP contribution in [0.2, 0.25) is 5.02 Å². The lowest BCUT2D eigenvalue weighted by atomic mass is 10.1. The third-order valence-electron chi connectivity index (χ3n) is 2.20. The summed E-state index contributed by atoms with van der Waals surface area (Å²) in [5, 5.41) is 9.61. The Hall–Kier alpha value is -1.64. The second kappa shape index (κ2) is 6.05. The van der Waals surface area contributed by atoms with Gasteiger partial charge in [0.15, 0.2) is 0 Å². The average Bonchev–Trinajstić information content (AvgIpc) is 2.28. The van der Waals surface area contributed by atoms with E-state index in [9.17, 15) is 0 Å². The van der Waals surface area contributed by atoms with Crippen molar-refractivity contribution in [3.05, 3.63) is 28.8 Å². The van der Waals surface area contributed by atoms with Gasteiger partial charge >= 0.3 is 0 Å². The number of halogens is 1. The molecule has 0 N–H and O–H groups in total. The third kappa shape index (κ3) is 2.92. The van der Waals surface area contributed by atoms with Crippen LogP contribution in [0.5, 0.6) is 0 Å². The van der Waals surface area contributed by atoms with E-state index >= 15 is 0 Å². The van der Waals surface area contributed by atoms with Crippen LogP contribution in [0.4, 0.5) is 5.69 Å². The minimum Gasteiger partial charge on any atom is -0.359 e. The Kier molecular flexibility index (Phi) is 4.70. The highest BCUT2D eigenvalue weighted by Gasteiger charge is 2.09. The van der Waals surface area contributed by atoms with Crippen LogP contribution in [0, 0.1) is 23.7 Å². The summed E-state index contributed by atoms with van der Waals surface area (Å²) >= 11 is 5.84. The van der Waals surface area contributed by atoms with E-state index in [1.54, 1.807) is 12.1 Å². The van der Waals surface area contributed by atoms with Gasteiger partial charge in [0, 0.05) is 11.6 Å². The molecule has 1 aromatic rings. The van der Waals surface area contributed by atoms with Crippen LogP contribution >= 0.6 is 11.6 Å². The maximum atomic E-state index is 9.04. The van der Waals surface area contributed by atoms with Gasteiger partial charge in [-0.15, -0.1) is 6.42 Å². The number of benzene rings is 1. The first-order chi connectivity index (χ1) is 7.72. The van der Waals surface area contributed by atoms with E-state index in [1.807, 2.05) is 11.0 Å². The van der Waals surface area contributed by atoms with E-state index < -0.39 is 0 Å². The summed E-state index contributed by atoms with van der Waals surface area (Å²) < 4.78 is 0. The molecule has 0 saturated carbocycles. The van der Waals surface area contributed by atoms with E-state index in [0.717, 1.165) is 18.7 Å². The van der Waals surface area contributed by atoms with Crippen LogP contribution in [-0.2, 0) is 0 Å². The highest BCUT2D eigenvalue weighted by molar-refractivity contribution is 6.30. The Morgan fingerprint density at radius 3 is 2.81 bits per heavy atom. The average molecular weight is 233 g/mol. The van der Waals surface area contributed by atoms with E-state index in [2.05, 4.69) is 18.9 Å². The zero-order valence-corrected chi connectivity index (χ0v) is 9.96. The van der Waals surface area contributed by atoms with Gasteiger partial charge in [0.05, 0.1) is 17.8 Å². The number of hydrogen-bond acceptors (Lipinski definition) is 2. The molecule has 0 amide bonds. The lowest BCUT2D eigenvalue weighted by Crippen LogP contribution is -2.25. The van der Waals surface area contributed by atoms with Gasteiger partial charge in [-0.3, -0.25) is 0 Å². The monoisotopic (exact) mass is 232 g/mol. The summed E-state index contributed by atoms with van der Waals surface area (Å²) in [6, 6.07) is 7.42. The third-order valence-corrected chi connectivity index (χ3v) is 2.43. The molecule has 1 aromatic carbocycles. The Bertz CT molecular complexity index is 440. The van der Waals surface area contributed by atoms with Gasteiger partial charge in [-0.2, -0.15) is 5.26 Å². The predicted molar refractivity (Wildman–Crippen MR) is 67.5 cm³/mol. The molecule has 2 nitrogen and oxygen atoms in total. The van der Waals surface area contributed by atoms with Crippen LogP contribution in [-0.4, -0.2) is 13.1 Å². The second-order valence-corrected chi connectivity index (χ2v) is 3.84. The molecular formula is C13H13ClN2. The van der Waals surface area contributed by atoms with Crippen molar-refractivity contribution >= 4 is 17.3 Å². The molecule has 0 spiro atoms. The second-order valence-electron chi connectivity index (χ2n) is 3.40. The first kappa shape index (κ1) is 12.4. The molecule has 0 aliphatic carbocycles. The molecule has 0 aliphatic heterocycles. The quantitative estimate of drug-likeness (QED) is 0.746. The molecule has 0 radical (unpaired) electrons. The molecule has 0 saturated heterocycles. The molecule has 1 rings (SSSR count). The van der Waals surface area contributed by atoms with Gasteiger partial charge in [0.1, 0.15) is 6.07 Å². The number of hydrogen-bond donors (Lipinski definition) is 0. The minimum atomic E-state index is 0.504. The van der Waals surface area contributed by atoms with Crippen LogP contribution in [0.25, 0.3) is 0 Å². The number of nitrogens with zero attached hydrogens (tertiary/aromatic N) is 2. The lowest BCUT2D eigenvalue weighted by molar-refractivity contribution is 0.822. The number of nitriles is 1. The smallest absolute Gasteiger partial charge is 0.101 e. The SMILES string of the molecule is C#CCN(CCC)c1ccc(Cl)cc1C#N. The highest BCUT2D eigenvalue weighted by atomic mass is 35.5. The van der Waals surface area contributed by atoms with Gasteiger partial charge in [-0.05, 0) is 24.6 Å². The maximum Gasteiger partial charge on any atom is 0.101 e. The molecule has 0 heterocycles. The Labute approximate surface area is 101 Å². The summed E-state index contributed by atoms with van der Waals surface area (Å²) in [7, 11) is 0. The molecule has 16 heavy (non-hydrogen) atoms. The van der Waals surface area contributed by atoms with E-state index in [-0.39, 0.29) is 0 Å². The van der Waals surface area contributed by atoms with Crippen LogP contribution in [0.15, 0.2) is 18.2 Å². The highest BCUT2D eigenvalue weighted by Crippen LogP contribution is 2.23. The van der Waals surface area contributed by atoms with Gasteiger partial charge < -0.3 is 4.90 Å². The fraction of sp³-hybridized carbons (Fsp3) is 0.308. The van der Waals surface area contributed by atoms with Crippen LogP contribution < -0.4 is 4.90 Å². The number of terminal acetylenes is 1. The van der Waals surface area contributed by atoms with Crippen molar-refractivity contribution in [3.63, 3.8) is 0 Å². The number of rotatable bonds is 4. The molecule has 0 fully saturated rings. The van der Waals surface area contributed by atoms with Crippen LogP contribution in [0.1, 0.15) is 18.9 Å². The summed E-state index contributed by atoms with van der Waals surface area (Å²) in [5.74, 6) is 2.60. The van der Waals surface area contributed by atoms with Crippen molar-refractivity contribution in [1.82, 2.24) is 0 Å². The minimum absolute atomic E-state index is 0.504. The summed E-state index contributed by atoms with van der Waals surface area (Å²) in [6.07, 6.45) is 6.30. The molecule has 0 bridgehead atoms. The standard InChI is InChI=1S/C13H13ClN2/c1-3-7-16(8-4-2)13-6-5-12(14)9-11(13)10-15/h1,5-6,9H,4,7-8H2,2H3. The van der Waals surface area contributed by atoms with Crippen LogP contribution in [0.3, 0.4) is 0 Å². The maximum absolute atomic E-state index is 9.04. The molecule has 0 aliphatic rings. The lowest BCUT2D eigenvalue weighted by Gasteiger charge is -2.22. The van der Waals surface area contributed by atoms with E-state index in [0.29, 0.717) is 17.1 Å². The van der Waals surface area contributed by atoms with Crippen molar-refractivity contribution in [2.75, 3.05) is 18.0 Å². The first-order valence-corrected chi connectivity index (χ1v) is 5.48. The zero-order valence-electron chi connectivity index (χ0n) is 9.20. The number of anilines is 1. The largest absolute Gasteiger partial charge is 0.359 e. The predicted octanol–water partition coefficient (Wildman–Crippen LogP) is 3.06. The Balaban J connectivity index is 3.09. The van der Waals surface area contributed by atoms with Crippen molar-refractivity contribution in [2.24, 2.45) is 0 Å². The fourth-order valence-corrected chi connectivity index (χ4v) is 1.71. The molecule has 0 aromatic heterocycles. The first-order valence-electron chi connectivity index (χ1n) is 5.11. The van der Waals surface area contributed by atoms with Crippen molar-refractivity contribution in [2.45, 2.75) is 13.3 Å². The summed E-state index contributed by atoms with van der Waals surface area (Å²) in [4.78, 5) is 2.01. The van der Waals surface area contributed by atoms with Gasteiger partial charge in [-0.1, -0.05) is 24.4 Å². The van der Waals surface area contributed by atoms with Gasteiger partial charge in [-0.25, -0.2) is 0 Å². The fourth-order valence-electron chi connectivity index (χ4n) is 1.54. The molecule has 82 valence electrons. The topological polar surface area (TPSA) is 27.0 Å². The Morgan fingerprint density at radius 2 is 2.25 bits per heavy atom. The van der Waals surface area contributed by atoms with E-state index in [1.165, 1.54) is 0 Å². The van der Waals surface area contributed by atoms with Crippen molar-refractivity contribution in [3.8, 4) is 18.4 Å². The molecule has 0 unspecified atom stereocenters. The molecular weight excluding hydrogens is 220 g/mol. The van der Waals surface area contributed by atoms with Gasteiger partial charge in [0.25, 0.3) is 0 Å². The normalized spacial score (nSPS) is 9.25. The zero-order chi connectivity index (χ0) is 12.0. The molecule has 3 heteroatoms.